The molecule has 1 aromatic carbocycles. The zero-order valence-corrected chi connectivity index (χ0v) is 21.0. The first kappa shape index (κ1) is 25.4. The average molecular weight is 488 g/mol. The van der Waals surface area contributed by atoms with Crippen LogP contribution in [0.25, 0.3) is 11.4 Å². The number of hydrogen-bond acceptors (Lipinski definition) is 9. The normalized spacial score (nSPS) is 18.8. The number of morpholine rings is 1. The summed E-state index contributed by atoms with van der Waals surface area (Å²) in [6.45, 7) is 8.68. The second kappa shape index (κ2) is 12.3. The number of amides is 1. The van der Waals surface area contributed by atoms with Gasteiger partial charge in [0.05, 0.1) is 34.0 Å². The van der Waals surface area contributed by atoms with Crippen LogP contribution in [0.1, 0.15) is 32.1 Å². The van der Waals surface area contributed by atoms with Crippen molar-refractivity contribution in [3.8, 4) is 22.9 Å². The minimum atomic E-state index is 0.0509. The van der Waals surface area contributed by atoms with Crippen molar-refractivity contribution in [3.63, 3.8) is 0 Å². The Morgan fingerprint density at radius 3 is 2.54 bits per heavy atom. The maximum atomic E-state index is 12.9. The minimum Gasteiger partial charge on any atom is -0.493 e. The van der Waals surface area contributed by atoms with E-state index in [1.165, 1.54) is 0 Å². The van der Waals surface area contributed by atoms with Gasteiger partial charge >= 0.3 is 0 Å². The van der Waals surface area contributed by atoms with Gasteiger partial charge in [-0.3, -0.25) is 14.6 Å². The molecule has 1 atom stereocenters. The molecular weight excluding hydrogens is 450 g/mol. The summed E-state index contributed by atoms with van der Waals surface area (Å²) in [6, 6.07) is 5.72. The van der Waals surface area contributed by atoms with E-state index in [1.54, 1.807) is 14.2 Å². The van der Waals surface area contributed by atoms with Crippen molar-refractivity contribution in [3.05, 3.63) is 24.1 Å². The predicted octanol–water partition coefficient (Wildman–Crippen LogP) is 2.19. The molecule has 2 aliphatic rings. The van der Waals surface area contributed by atoms with Crippen LogP contribution in [0.3, 0.4) is 0 Å². The molecule has 1 unspecified atom stereocenters. The SMILES string of the molecule is CCC(CN1CCOCC1)NC(=O)C1CCN(Cc2nc(-c3ccc(OC)c(OC)c3)no2)CC1. The second-order valence-electron chi connectivity index (χ2n) is 9.16. The van der Waals surface area contributed by atoms with Crippen LogP contribution in [0.4, 0.5) is 0 Å². The summed E-state index contributed by atoms with van der Waals surface area (Å²) < 4.78 is 21.6. The first-order valence-electron chi connectivity index (χ1n) is 12.5. The third kappa shape index (κ3) is 6.71. The summed E-state index contributed by atoms with van der Waals surface area (Å²) >= 11 is 0. The van der Waals surface area contributed by atoms with Gasteiger partial charge in [0.2, 0.25) is 17.6 Å². The zero-order valence-electron chi connectivity index (χ0n) is 21.0. The van der Waals surface area contributed by atoms with E-state index in [-0.39, 0.29) is 17.9 Å². The van der Waals surface area contributed by atoms with Gasteiger partial charge in [0.25, 0.3) is 0 Å². The summed E-state index contributed by atoms with van der Waals surface area (Å²) in [4.78, 5) is 22.1. The van der Waals surface area contributed by atoms with Gasteiger partial charge in [-0.25, -0.2) is 0 Å². The van der Waals surface area contributed by atoms with Crippen molar-refractivity contribution in [2.24, 2.45) is 5.92 Å². The molecule has 1 N–H and O–H groups in total. The summed E-state index contributed by atoms with van der Waals surface area (Å²) in [7, 11) is 3.20. The van der Waals surface area contributed by atoms with Gasteiger partial charge < -0.3 is 24.1 Å². The highest BCUT2D eigenvalue weighted by atomic mass is 16.5. The fraction of sp³-hybridized carbons (Fsp3) is 0.640. The molecule has 0 saturated carbocycles. The van der Waals surface area contributed by atoms with Gasteiger partial charge in [-0.1, -0.05) is 12.1 Å². The fourth-order valence-electron chi connectivity index (χ4n) is 4.65. The van der Waals surface area contributed by atoms with Crippen molar-refractivity contribution in [2.75, 3.05) is 60.2 Å². The monoisotopic (exact) mass is 487 g/mol. The topological polar surface area (TPSA) is 102 Å². The number of benzene rings is 1. The molecule has 0 aliphatic carbocycles. The number of carbonyl (C=O) groups is 1. The zero-order chi connectivity index (χ0) is 24.6. The Morgan fingerprint density at radius 1 is 1.11 bits per heavy atom. The molecule has 0 spiro atoms. The summed E-state index contributed by atoms with van der Waals surface area (Å²) in [5.74, 6) is 2.58. The molecular formula is C25H37N5O5. The molecule has 4 rings (SSSR count). The number of piperidine rings is 1. The van der Waals surface area contributed by atoms with Crippen LogP contribution in [0.15, 0.2) is 22.7 Å². The molecule has 1 amide bonds. The lowest BCUT2D eigenvalue weighted by Crippen LogP contribution is -2.49. The molecule has 0 bridgehead atoms. The Kier molecular flexibility index (Phi) is 8.95. The lowest BCUT2D eigenvalue weighted by molar-refractivity contribution is -0.127. The van der Waals surface area contributed by atoms with E-state index >= 15 is 0 Å². The Morgan fingerprint density at radius 2 is 1.86 bits per heavy atom. The van der Waals surface area contributed by atoms with Crippen LogP contribution in [0, 0.1) is 5.92 Å². The van der Waals surface area contributed by atoms with Crippen molar-refractivity contribution in [2.45, 2.75) is 38.8 Å². The second-order valence-corrected chi connectivity index (χ2v) is 9.16. The van der Waals surface area contributed by atoms with Gasteiger partial charge in [0, 0.05) is 37.2 Å². The molecule has 10 heteroatoms. The summed E-state index contributed by atoms with van der Waals surface area (Å²) in [6.07, 6.45) is 2.59. The Hall–Kier alpha value is -2.69. The minimum absolute atomic E-state index is 0.0509. The van der Waals surface area contributed by atoms with Crippen LogP contribution in [0.2, 0.25) is 0 Å². The van der Waals surface area contributed by atoms with Crippen LogP contribution in [-0.4, -0.2) is 92.0 Å². The lowest BCUT2D eigenvalue weighted by atomic mass is 9.95. The largest absolute Gasteiger partial charge is 0.493 e. The van der Waals surface area contributed by atoms with Gasteiger partial charge in [-0.05, 0) is 50.6 Å². The number of carbonyl (C=O) groups excluding carboxylic acids is 1. The first-order valence-corrected chi connectivity index (χ1v) is 12.5. The number of methoxy groups -OCH3 is 2. The van der Waals surface area contributed by atoms with E-state index in [0.29, 0.717) is 29.8 Å². The van der Waals surface area contributed by atoms with E-state index in [9.17, 15) is 4.79 Å². The van der Waals surface area contributed by atoms with Crippen LogP contribution < -0.4 is 14.8 Å². The maximum absolute atomic E-state index is 12.9. The molecule has 35 heavy (non-hydrogen) atoms. The quantitative estimate of drug-likeness (QED) is 0.540. The number of ether oxygens (including phenoxy) is 3. The van der Waals surface area contributed by atoms with Crippen molar-refractivity contribution >= 4 is 5.91 Å². The number of likely N-dealkylation sites (tertiary alicyclic amines) is 1. The molecule has 10 nitrogen and oxygen atoms in total. The van der Waals surface area contributed by atoms with Gasteiger partial charge in [0.1, 0.15) is 0 Å². The number of nitrogens with zero attached hydrogens (tertiary/aromatic N) is 4. The van der Waals surface area contributed by atoms with Gasteiger partial charge in [-0.2, -0.15) is 4.98 Å². The van der Waals surface area contributed by atoms with E-state index in [4.69, 9.17) is 18.7 Å². The van der Waals surface area contributed by atoms with Crippen molar-refractivity contribution < 1.29 is 23.5 Å². The van der Waals surface area contributed by atoms with Crippen LogP contribution in [0.5, 0.6) is 11.5 Å². The Balaban J connectivity index is 1.25. The predicted molar refractivity (Wildman–Crippen MR) is 130 cm³/mol. The van der Waals surface area contributed by atoms with Crippen molar-refractivity contribution in [1.29, 1.82) is 0 Å². The number of rotatable bonds is 10. The Bertz CT molecular complexity index is 953. The van der Waals surface area contributed by atoms with Crippen LogP contribution >= 0.6 is 0 Å². The van der Waals surface area contributed by atoms with Gasteiger partial charge in [0.15, 0.2) is 11.5 Å². The average Bonchev–Trinajstić information content (AvgIpc) is 3.37. The molecule has 192 valence electrons. The highest BCUT2D eigenvalue weighted by Gasteiger charge is 2.28. The lowest BCUT2D eigenvalue weighted by Gasteiger charge is -2.33. The molecule has 2 saturated heterocycles. The maximum Gasteiger partial charge on any atom is 0.241 e. The third-order valence-electron chi connectivity index (χ3n) is 6.85. The molecule has 2 fully saturated rings. The van der Waals surface area contributed by atoms with Crippen molar-refractivity contribution in [1.82, 2.24) is 25.3 Å². The summed E-state index contributed by atoms with van der Waals surface area (Å²) in [5, 5.41) is 7.42. The first-order chi connectivity index (χ1) is 17.1. The highest BCUT2D eigenvalue weighted by Crippen LogP contribution is 2.31. The third-order valence-corrected chi connectivity index (χ3v) is 6.85. The van der Waals surface area contributed by atoms with E-state index in [1.807, 2.05) is 18.2 Å². The number of nitrogens with one attached hydrogen (secondary N) is 1. The standard InChI is InChI=1S/C25H37N5O5/c1-4-20(16-30-11-13-34-14-12-30)26-25(31)18-7-9-29(10-8-18)17-23-27-24(28-35-23)19-5-6-21(32-2)22(15-19)33-3/h5-6,15,18,20H,4,7-14,16-17H2,1-3H3,(H,26,31). The summed E-state index contributed by atoms with van der Waals surface area (Å²) in [5.41, 5.74) is 0.801. The molecule has 2 aliphatic heterocycles. The highest BCUT2D eigenvalue weighted by molar-refractivity contribution is 5.79. The van der Waals surface area contributed by atoms with E-state index < -0.39 is 0 Å². The Labute approximate surface area is 206 Å². The van der Waals surface area contributed by atoms with Gasteiger partial charge in [-0.15, -0.1) is 0 Å². The number of hydrogen-bond donors (Lipinski definition) is 1. The van der Waals surface area contributed by atoms with E-state index in [2.05, 4.69) is 32.2 Å². The molecule has 1 aromatic heterocycles. The molecule has 3 heterocycles. The fourth-order valence-corrected chi connectivity index (χ4v) is 4.65. The smallest absolute Gasteiger partial charge is 0.241 e. The number of aromatic nitrogens is 2. The van der Waals surface area contributed by atoms with E-state index in [0.717, 1.165) is 70.8 Å². The molecule has 2 aromatic rings. The molecule has 0 radical (unpaired) electrons. The van der Waals surface area contributed by atoms with Crippen LogP contribution in [-0.2, 0) is 16.1 Å².